The SMILES string of the molecule is CCCCCN(C[C@@H](O)[C@H](Cc1ccccc1)NC(=O)CCC(=O)CC)S(=O)(=O)c1ccc(OC)cc1. The van der Waals surface area contributed by atoms with Crippen molar-refractivity contribution in [2.45, 2.75) is 75.8 Å². The average molecular weight is 533 g/mol. The number of hydrogen-bond acceptors (Lipinski definition) is 6. The summed E-state index contributed by atoms with van der Waals surface area (Å²) in [5.74, 6) is 0.184. The highest BCUT2D eigenvalue weighted by atomic mass is 32.2. The third-order valence-corrected chi connectivity index (χ3v) is 8.11. The minimum absolute atomic E-state index is 0.0111. The first kappa shape index (κ1) is 30.5. The van der Waals surface area contributed by atoms with Crippen LogP contribution < -0.4 is 10.1 Å². The lowest BCUT2D eigenvalue weighted by atomic mass is 10.0. The lowest BCUT2D eigenvalue weighted by Crippen LogP contribution is -2.50. The number of Topliss-reactive ketones (excluding diaryl/α,β-unsaturated/α-hetero) is 1. The minimum Gasteiger partial charge on any atom is -0.497 e. The zero-order valence-electron chi connectivity index (χ0n) is 22.1. The van der Waals surface area contributed by atoms with Gasteiger partial charge in [-0.25, -0.2) is 8.42 Å². The lowest BCUT2D eigenvalue weighted by Gasteiger charge is -2.30. The molecule has 0 saturated heterocycles. The number of aliphatic hydroxyl groups is 1. The number of benzene rings is 2. The predicted octanol–water partition coefficient (Wildman–Crippen LogP) is 3.72. The molecular formula is C28H40N2O6S. The average Bonchev–Trinajstić information content (AvgIpc) is 2.91. The summed E-state index contributed by atoms with van der Waals surface area (Å²) < 4.78 is 33.5. The van der Waals surface area contributed by atoms with E-state index < -0.39 is 22.2 Å². The quantitative estimate of drug-likeness (QED) is 0.300. The molecule has 0 aliphatic rings. The molecule has 0 saturated carbocycles. The van der Waals surface area contributed by atoms with E-state index in [9.17, 15) is 23.1 Å². The number of aliphatic hydroxyl groups excluding tert-OH is 1. The van der Waals surface area contributed by atoms with Gasteiger partial charge in [-0.1, -0.05) is 57.0 Å². The van der Waals surface area contributed by atoms with Crippen LogP contribution in [0.25, 0.3) is 0 Å². The number of amides is 1. The Bertz CT molecular complexity index is 1070. The van der Waals surface area contributed by atoms with Crippen LogP contribution in [0.15, 0.2) is 59.5 Å². The van der Waals surface area contributed by atoms with Gasteiger partial charge in [0.15, 0.2) is 0 Å². The van der Waals surface area contributed by atoms with E-state index in [-0.39, 0.29) is 42.5 Å². The van der Waals surface area contributed by atoms with E-state index in [1.54, 1.807) is 19.1 Å². The molecule has 0 bridgehead atoms. The molecule has 37 heavy (non-hydrogen) atoms. The molecule has 2 aromatic rings. The van der Waals surface area contributed by atoms with Gasteiger partial charge in [0.1, 0.15) is 11.5 Å². The lowest BCUT2D eigenvalue weighted by molar-refractivity contribution is -0.126. The highest BCUT2D eigenvalue weighted by molar-refractivity contribution is 7.89. The molecule has 0 aliphatic heterocycles. The summed E-state index contributed by atoms with van der Waals surface area (Å²) >= 11 is 0. The van der Waals surface area contributed by atoms with E-state index in [0.717, 1.165) is 18.4 Å². The van der Waals surface area contributed by atoms with Crippen molar-refractivity contribution in [3.05, 3.63) is 60.2 Å². The van der Waals surface area contributed by atoms with Gasteiger partial charge in [0.2, 0.25) is 15.9 Å². The maximum absolute atomic E-state index is 13.5. The van der Waals surface area contributed by atoms with Gasteiger partial charge in [0, 0.05) is 32.4 Å². The normalized spacial score (nSPS) is 13.2. The molecule has 0 fully saturated rings. The second-order valence-electron chi connectivity index (χ2n) is 9.07. The van der Waals surface area contributed by atoms with E-state index >= 15 is 0 Å². The number of sulfonamides is 1. The Balaban J connectivity index is 2.26. The second kappa shape index (κ2) is 15.5. The van der Waals surface area contributed by atoms with Crippen LogP contribution in [-0.4, -0.2) is 61.9 Å². The highest BCUT2D eigenvalue weighted by Gasteiger charge is 2.30. The molecule has 0 aromatic heterocycles. The van der Waals surface area contributed by atoms with E-state index in [0.29, 0.717) is 25.0 Å². The standard InChI is InChI=1S/C28H40N2O6S/c1-4-6-10-19-30(37(34,35)25-16-14-24(36-3)15-17-25)21-27(32)26(20-22-11-8-7-9-12-22)29-28(33)18-13-23(31)5-2/h7-9,11-12,14-17,26-27,32H,4-6,10,13,18-21H2,1-3H3,(H,29,33)/t26-,27+/m0/s1. The van der Waals surface area contributed by atoms with Crippen LogP contribution in [0.4, 0.5) is 0 Å². The number of nitrogens with zero attached hydrogens (tertiary/aromatic N) is 1. The number of ether oxygens (including phenoxy) is 1. The van der Waals surface area contributed by atoms with E-state index in [1.807, 2.05) is 37.3 Å². The topological polar surface area (TPSA) is 113 Å². The van der Waals surface area contributed by atoms with Gasteiger partial charge >= 0.3 is 0 Å². The van der Waals surface area contributed by atoms with E-state index in [4.69, 9.17) is 4.74 Å². The third-order valence-electron chi connectivity index (χ3n) is 6.23. The van der Waals surface area contributed by atoms with Crippen LogP contribution >= 0.6 is 0 Å². The Morgan fingerprint density at radius 2 is 1.68 bits per heavy atom. The molecule has 0 spiro atoms. The van der Waals surface area contributed by atoms with Gasteiger partial charge in [-0.2, -0.15) is 4.31 Å². The van der Waals surface area contributed by atoms with Crippen molar-refractivity contribution in [3.63, 3.8) is 0 Å². The first-order chi connectivity index (χ1) is 17.7. The number of carbonyl (C=O) groups excluding carboxylic acids is 2. The second-order valence-corrected chi connectivity index (χ2v) is 11.0. The van der Waals surface area contributed by atoms with Crippen molar-refractivity contribution < 1.29 is 27.9 Å². The largest absolute Gasteiger partial charge is 0.497 e. The monoisotopic (exact) mass is 532 g/mol. The Kier molecular flexibility index (Phi) is 12.8. The van der Waals surface area contributed by atoms with Crippen LogP contribution in [0.1, 0.15) is 57.9 Å². The Hall–Kier alpha value is -2.75. The predicted molar refractivity (Wildman–Crippen MR) is 144 cm³/mol. The summed E-state index contributed by atoms with van der Waals surface area (Å²) in [6.07, 6.45) is 2.08. The number of nitrogens with one attached hydrogen (secondary N) is 1. The summed E-state index contributed by atoms with van der Waals surface area (Å²) in [6.45, 7) is 3.85. The Morgan fingerprint density at radius 1 is 1.00 bits per heavy atom. The van der Waals surface area contributed by atoms with Gasteiger partial charge < -0.3 is 15.2 Å². The molecule has 2 atom stereocenters. The summed E-state index contributed by atoms with van der Waals surface area (Å²) in [6, 6.07) is 14.8. The van der Waals surface area contributed by atoms with Crippen LogP contribution in [0.5, 0.6) is 5.75 Å². The smallest absolute Gasteiger partial charge is 0.243 e. The van der Waals surface area contributed by atoms with E-state index in [2.05, 4.69) is 5.32 Å². The van der Waals surface area contributed by atoms with Gasteiger partial charge in [-0.05, 0) is 42.7 Å². The molecule has 1 amide bonds. The Labute approximate surface area is 221 Å². The Morgan fingerprint density at radius 3 is 2.27 bits per heavy atom. The molecule has 0 radical (unpaired) electrons. The molecule has 204 valence electrons. The summed E-state index contributed by atoms with van der Waals surface area (Å²) in [4.78, 5) is 24.4. The summed E-state index contributed by atoms with van der Waals surface area (Å²) in [5, 5.41) is 14.1. The maximum Gasteiger partial charge on any atom is 0.243 e. The van der Waals surface area contributed by atoms with Crippen molar-refractivity contribution in [1.29, 1.82) is 0 Å². The molecule has 2 rings (SSSR count). The fourth-order valence-electron chi connectivity index (χ4n) is 3.94. The number of carbonyl (C=O) groups is 2. The molecule has 2 aromatic carbocycles. The van der Waals surface area contributed by atoms with Crippen LogP contribution in [0.3, 0.4) is 0 Å². The zero-order valence-corrected chi connectivity index (χ0v) is 22.9. The van der Waals surface area contributed by atoms with Crippen molar-refractivity contribution in [2.75, 3.05) is 20.2 Å². The molecule has 2 N–H and O–H groups in total. The van der Waals surface area contributed by atoms with Crippen molar-refractivity contribution in [2.24, 2.45) is 0 Å². The fourth-order valence-corrected chi connectivity index (χ4v) is 5.44. The highest BCUT2D eigenvalue weighted by Crippen LogP contribution is 2.21. The first-order valence-corrected chi connectivity index (χ1v) is 14.3. The summed E-state index contributed by atoms with van der Waals surface area (Å²) in [5.41, 5.74) is 0.895. The summed E-state index contributed by atoms with van der Waals surface area (Å²) in [7, 11) is -2.39. The first-order valence-electron chi connectivity index (χ1n) is 12.9. The number of unbranched alkanes of at least 4 members (excludes halogenated alkanes) is 2. The van der Waals surface area contributed by atoms with Gasteiger partial charge in [-0.15, -0.1) is 0 Å². The fraction of sp³-hybridized carbons (Fsp3) is 0.500. The molecule has 0 heterocycles. The number of rotatable bonds is 17. The molecule has 9 heteroatoms. The third kappa shape index (κ3) is 9.91. The van der Waals surface area contributed by atoms with Crippen molar-refractivity contribution in [3.8, 4) is 5.75 Å². The number of ketones is 1. The van der Waals surface area contributed by atoms with Gasteiger partial charge in [-0.3, -0.25) is 9.59 Å². The van der Waals surface area contributed by atoms with Crippen molar-refractivity contribution in [1.82, 2.24) is 9.62 Å². The van der Waals surface area contributed by atoms with Crippen molar-refractivity contribution >= 4 is 21.7 Å². The van der Waals surface area contributed by atoms with Gasteiger partial charge in [0.05, 0.1) is 24.2 Å². The van der Waals surface area contributed by atoms with Crippen LogP contribution in [0.2, 0.25) is 0 Å². The molecule has 0 aliphatic carbocycles. The van der Waals surface area contributed by atoms with Crippen LogP contribution in [0, 0.1) is 0 Å². The maximum atomic E-state index is 13.5. The van der Waals surface area contributed by atoms with Crippen LogP contribution in [-0.2, 0) is 26.0 Å². The van der Waals surface area contributed by atoms with Gasteiger partial charge in [0.25, 0.3) is 0 Å². The zero-order chi connectivity index (χ0) is 27.3. The van der Waals surface area contributed by atoms with E-state index in [1.165, 1.54) is 23.5 Å². The minimum atomic E-state index is -3.90. The number of hydrogen-bond donors (Lipinski definition) is 2. The molecule has 0 unspecified atom stereocenters. The number of methoxy groups -OCH3 is 1. The molecular weight excluding hydrogens is 492 g/mol. The molecule has 8 nitrogen and oxygen atoms in total.